The van der Waals surface area contributed by atoms with Crippen molar-refractivity contribution in [3.63, 3.8) is 0 Å². The number of ketones is 1. The minimum Gasteiger partial charge on any atom is -0.507 e. The van der Waals surface area contributed by atoms with Crippen molar-refractivity contribution in [3.8, 4) is 23.0 Å². The highest BCUT2D eigenvalue weighted by Crippen LogP contribution is 2.44. The van der Waals surface area contributed by atoms with E-state index in [4.69, 9.17) is 25.8 Å². The number of rotatable bonds is 8. The van der Waals surface area contributed by atoms with E-state index in [-0.39, 0.29) is 34.2 Å². The van der Waals surface area contributed by atoms with E-state index < -0.39 is 23.5 Å². The Kier molecular flexibility index (Phi) is 7.70. The van der Waals surface area contributed by atoms with E-state index in [1.165, 1.54) is 31.3 Å². The normalized spacial score (nSPS) is 16.2. The molecule has 0 spiro atoms. The number of aromatic nitrogens is 1. The SMILES string of the molecule is COc1cc(/C(O)=C2\C(=O)C(=O)N(Cc3ccccn3)C2c2cccc(Oc3ccccc3)c2)c(OC)cc1Cl. The molecular weight excluding hydrogens is 532 g/mol. The summed E-state index contributed by atoms with van der Waals surface area (Å²) in [6.07, 6.45) is 1.61. The van der Waals surface area contributed by atoms with E-state index in [1.54, 1.807) is 48.7 Å². The first kappa shape index (κ1) is 26.8. The van der Waals surface area contributed by atoms with Crippen LogP contribution in [0.2, 0.25) is 5.02 Å². The fraction of sp³-hybridized carbons (Fsp3) is 0.129. The predicted molar refractivity (Wildman–Crippen MR) is 150 cm³/mol. The summed E-state index contributed by atoms with van der Waals surface area (Å²) >= 11 is 6.27. The van der Waals surface area contributed by atoms with Gasteiger partial charge >= 0.3 is 0 Å². The molecule has 0 bridgehead atoms. The molecule has 1 aromatic heterocycles. The fourth-order valence-electron chi connectivity index (χ4n) is 4.62. The Hall–Kier alpha value is -4.82. The molecule has 1 amide bonds. The highest BCUT2D eigenvalue weighted by atomic mass is 35.5. The molecule has 8 nitrogen and oxygen atoms in total. The van der Waals surface area contributed by atoms with Gasteiger partial charge in [0.1, 0.15) is 28.8 Å². The minimum absolute atomic E-state index is 0.0394. The number of hydrogen-bond acceptors (Lipinski definition) is 7. The van der Waals surface area contributed by atoms with Gasteiger partial charge in [0.2, 0.25) is 0 Å². The molecule has 9 heteroatoms. The molecular formula is C31H25ClN2O6. The third-order valence-electron chi connectivity index (χ3n) is 6.48. The zero-order valence-corrected chi connectivity index (χ0v) is 22.5. The Bertz CT molecular complexity index is 1590. The molecule has 1 aliphatic heterocycles. The zero-order valence-electron chi connectivity index (χ0n) is 21.7. The molecule has 1 unspecified atom stereocenters. The molecule has 0 aliphatic carbocycles. The van der Waals surface area contributed by atoms with Crippen molar-refractivity contribution in [2.75, 3.05) is 14.2 Å². The minimum atomic E-state index is -0.951. The Morgan fingerprint density at radius 2 is 1.62 bits per heavy atom. The summed E-state index contributed by atoms with van der Waals surface area (Å²) in [6, 6.07) is 23.6. The molecule has 2 heterocycles. The number of aliphatic hydroxyl groups is 1. The third-order valence-corrected chi connectivity index (χ3v) is 6.78. The molecule has 4 aromatic rings. The lowest BCUT2D eigenvalue weighted by molar-refractivity contribution is -0.140. The van der Waals surface area contributed by atoms with Crippen LogP contribution in [-0.2, 0) is 16.1 Å². The molecule has 1 fully saturated rings. The molecule has 5 rings (SSSR count). The monoisotopic (exact) mass is 556 g/mol. The van der Waals surface area contributed by atoms with E-state index in [0.717, 1.165) is 0 Å². The molecule has 1 saturated heterocycles. The van der Waals surface area contributed by atoms with Gasteiger partial charge in [-0.05, 0) is 48.0 Å². The van der Waals surface area contributed by atoms with Gasteiger partial charge in [-0.2, -0.15) is 0 Å². The number of methoxy groups -OCH3 is 2. The lowest BCUT2D eigenvalue weighted by Crippen LogP contribution is -2.29. The number of benzene rings is 3. The van der Waals surface area contributed by atoms with Gasteiger partial charge in [0.15, 0.2) is 0 Å². The molecule has 1 atom stereocenters. The first-order valence-corrected chi connectivity index (χ1v) is 12.7. The summed E-state index contributed by atoms with van der Waals surface area (Å²) < 4.78 is 16.8. The van der Waals surface area contributed by atoms with Crippen LogP contribution >= 0.6 is 11.6 Å². The molecule has 3 aromatic carbocycles. The summed E-state index contributed by atoms with van der Waals surface area (Å²) in [5.74, 6) is -0.443. The highest BCUT2D eigenvalue weighted by Gasteiger charge is 2.46. The molecule has 1 aliphatic rings. The zero-order chi connectivity index (χ0) is 28.2. The van der Waals surface area contributed by atoms with Crippen molar-refractivity contribution < 1.29 is 28.9 Å². The number of para-hydroxylation sites is 1. The quantitative estimate of drug-likeness (QED) is 0.157. The maximum Gasteiger partial charge on any atom is 0.296 e. The maximum absolute atomic E-state index is 13.5. The van der Waals surface area contributed by atoms with Gasteiger partial charge in [-0.1, -0.05) is 48.0 Å². The third kappa shape index (κ3) is 5.21. The predicted octanol–water partition coefficient (Wildman–Crippen LogP) is 6.17. The fourth-order valence-corrected chi connectivity index (χ4v) is 4.85. The van der Waals surface area contributed by atoms with Crippen molar-refractivity contribution >= 4 is 29.1 Å². The van der Waals surface area contributed by atoms with E-state index >= 15 is 0 Å². The van der Waals surface area contributed by atoms with E-state index in [9.17, 15) is 14.7 Å². The number of hydrogen-bond donors (Lipinski definition) is 1. The summed E-state index contributed by atoms with van der Waals surface area (Å²) in [6.45, 7) is 0.0394. The highest BCUT2D eigenvalue weighted by molar-refractivity contribution is 6.46. The molecule has 40 heavy (non-hydrogen) atoms. The summed E-state index contributed by atoms with van der Waals surface area (Å²) in [4.78, 5) is 32.7. The van der Waals surface area contributed by atoms with Crippen molar-refractivity contribution in [2.45, 2.75) is 12.6 Å². The van der Waals surface area contributed by atoms with E-state index in [2.05, 4.69) is 4.98 Å². The van der Waals surface area contributed by atoms with Crippen LogP contribution in [0.1, 0.15) is 22.9 Å². The standard InChI is InChI=1S/C31H25ClN2O6/c1-38-25-17-24(32)26(39-2)16-23(25)29(35)27-28(34(31(37)30(27)36)18-20-10-6-7-14-33-20)19-9-8-13-22(15-19)40-21-11-4-3-5-12-21/h3-17,28,35H,18H2,1-2H3/b29-27+. The van der Waals surface area contributed by atoms with Crippen molar-refractivity contribution in [1.29, 1.82) is 0 Å². The lowest BCUT2D eigenvalue weighted by Gasteiger charge is -2.25. The van der Waals surface area contributed by atoms with Crippen molar-refractivity contribution in [2.24, 2.45) is 0 Å². The first-order chi connectivity index (χ1) is 19.4. The molecule has 0 saturated carbocycles. The topological polar surface area (TPSA) is 98.2 Å². The van der Waals surface area contributed by atoms with Crippen molar-refractivity contribution in [1.82, 2.24) is 9.88 Å². The molecule has 202 valence electrons. The van der Waals surface area contributed by atoms with Crippen molar-refractivity contribution in [3.05, 3.63) is 119 Å². The Morgan fingerprint density at radius 3 is 2.33 bits per heavy atom. The van der Waals surface area contributed by atoms with Crippen LogP contribution in [0.3, 0.4) is 0 Å². The van der Waals surface area contributed by atoms with E-state index in [0.29, 0.717) is 22.8 Å². The van der Waals surface area contributed by atoms with Gasteiger partial charge in [0.05, 0.1) is 48.7 Å². The van der Waals surface area contributed by atoms with Gasteiger partial charge < -0.3 is 24.2 Å². The molecule has 0 radical (unpaired) electrons. The van der Waals surface area contributed by atoms with Crippen LogP contribution in [0, 0.1) is 0 Å². The van der Waals surface area contributed by atoms with Gasteiger partial charge in [-0.3, -0.25) is 14.6 Å². The second-order valence-corrected chi connectivity index (χ2v) is 9.33. The lowest BCUT2D eigenvalue weighted by atomic mass is 9.94. The number of halogens is 1. The van der Waals surface area contributed by atoms with Crippen LogP contribution in [0.4, 0.5) is 0 Å². The second-order valence-electron chi connectivity index (χ2n) is 8.92. The Balaban J connectivity index is 1.67. The number of nitrogens with zero attached hydrogens (tertiary/aromatic N) is 2. The summed E-state index contributed by atoms with van der Waals surface area (Å²) in [5, 5.41) is 11.9. The number of aliphatic hydroxyl groups excluding tert-OH is 1. The summed E-state index contributed by atoms with van der Waals surface area (Å²) in [5.41, 5.74) is 1.18. The Morgan fingerprint density at radius 1 is 0.900 bits per heavy atom. The second kappa shape index (κ2) is 11.5. The largest absolute Gasteiger partial charge is 0.507 e. The average Bonchev–Trinajstić information content (AvgIpc) is 3.22. The number of Topliss-reactive ketones (excluding diaryl/α,β-unsaturated/α-hetero) is 1. The van der Waals surface area contributed by atoms with Gasteiger partial charge in [0, 0.05) is 12.3 Å². The van der Waals surface area contributed by atoms with Crippen LogP contribution in [0.25, 0.3) is 5.76 Å². The van der Waals surface area contributed by atoms with Crippen LogP contribution in [-0.4, -0.2) is 40.9 Å². The average molecular weight is 557 g/mol. The van der Waals surface area contributed by atoms with Crippen LogP contribution in [0.15, 0.2) is 96.7 Å². The smallest absolute Gasteiger partial charge is 0.296 e. The molecule has 1 N–H and O–H groups in total. The van der Waals surface area contributed by atoms with Gasteiger partial charge in [-0.25, -0.2) is 0 Å². The number of likely N-dealkylation sites (tertiary alicyclic amines) is 1. The number of pyridine rings is 1. The Labute approximate surface area is 236 Å². The van der Waals surface area contributed by atoms with Gasteiger partial charge in [0.25, 0.3) is 11.7 Å². The van der Waals surface area contributed by atoms with Gasteiger partial charge in [-0.15, -0.1) is 0 Å². The number of carbonyl (C=O) groups excluding carboxylic acids is 2. The maximum atomic E-state index is 13.5. The number of ether oxygens (including phenoxy) is 3. The first-order valence-electron chi connectivity index (χ1n) is 12.3. The van der Waals surface area contributed by atoms with Crippen LogP contribution < -0.4 is 14.2 Å². The number of amides is 1. The van der Waals surface area contributed by atoms with E-state index in [1.807, 2.05) is 30.3 Å². The summed E-state index contributed by atoms with van der Waals surface area (Å²) in [7, 11) is 2.85. The number of carbonyl (C=O) groups is 2. The van der Waals surface area contributed by atoms with Crippen LogP contribution in [0.5, 0.6) is 23.0 Å².